The summed E-state index contributed by atoms with van der Waals surface area (Å²) in [6.07, 6.45) is 9.57. The summed E-state index contributed by atoms with van der Waals surface area (Å²) in [7, 11) is 0. The van der Waals surface area contributed by atoms with E-state index in [0.717, 1.165) is 6.42 Å². The lowest BCUT2D eigenvalue weighted by Crippen LogP contribution is -2.59. The van der Waals surface area contributed by atoms with E-state index in [1.807, 2.05) is 69.6 Å². The van der Waals surface area contributed by atoms with Gasteiger partial charge in [-0.05, 0) is 40.5 Å². The highest BCUT2D eigenvalue weighted by atomic mass is 32.2. The number of nitrogens with zero attached hydrogens (tertiary/aromatic N) is 3. The number of rotatable bonds is 5. The van der Waals surface area contributed by atoms with Crippen LogP contribution in [0.15, 0.2) is 24.3 Å². The maximum absolute atomic E-state index is 14.2. The number of carbonyl (C=O) groups is 3. The van der Waals surface area contributed by atoms with Crippen LogP contribution in [-0.2, 0) is 14.4 Å². The molecule has 2 saturated heterocycles. The van der Waals surface area contributed by atoms with Gasteiger partial charge in [0.2, 0.25) is 17.7 Å². The molecule has 0 aliphatic carbocycles. The van der Waals surface area contributed by atoms with Gasteiger partial charge < -0.3 is 19.8 Å². The number of aliphatic hydroxyl groups excluding tert-OH is 1. The van der Waals surface area contributed by atoms with Crippen LogP contribution in [0.5, 0.6) is 0 Å². The number of thioether (sulfide) groups is 1. The molecule has 1 unspecified atom stereocenters. The van der Waals surface area contributed by atoms with E-state index in [1.54, 1.807) is 16.7 Å². The van der Waals surface area contributed by atoms with E-state index in [4.69, 9.17) is 0 Å². The molecule has 188 valence electrons. The molecule has 6 atom stereocenters. The van der Waals surface area contributed by atoms with E-state index >= 15 is 0 Å². The normalized spacial score (nSPS) is 36.4. The molecule has 2 fully saturated rings. The van der Waals surface area contributed by atoms with E-state index in [-0.39, 0.29) is 24.3 Å². The molecule has 0 aromatic carbocycles. The highest BCUT2D eigenvalue weighted by molar-refractivity contribution is 8.02. The van der Waals surface area contributed by atoms with Gasteiger partial charge in [0.15, 0.2) is 0 Å². The quantitative estimate of drug-likeness (QED) is 0.600. The predicted octanol–water partition coefficient (Wildman–Crippen LogP) is 2.45. The van der Waals surface area contributed by atoms with Crippen molar-refractivity contribution in [2.24, 2.45) is 11.8 Å². The number of likely N-dealkylation sites (tertiary alicyclic amines) is 1. The molecule has 0 aromatic rings. The van der Waals surface area contributed by atoms with Crippen LogP contribution in [0.25, 0.3) is 0 Å². The predicted molar refractivity (Wildman–Crippen MR) is 134 cm³/mol. The molecule has 0 bridgehead atoms. The molecule has 3 amide bonds. The minimum atomic E-state index is -0.856. The topological polar surface area (TPSA) is 81.2 Å². The number of fused-ring (bicyclic) bond motifs is 2. The first-order chi connectivity index (χ1) is 16.0. The fourth-order valence-electron chi connectivity index (χ4n) is 6.39. The molecule has 4 heterocycles. The van der Waals surface area contributed by atoms with Gasteiger partial charge in [-0.15, -0.1) is 11.8 Å². The highest BCUT2D eigenvalue weighted by Gasteiger charge is 2.74. The highest BCUT2D eigenvalue weighted by Crippen LogP contribution is 2.66. The van der Waals surface area contributed by atoms with Gasteiger partial charge in [-0.25, -0.2) is 0 Å². The Kier molecular flexibility index (Phi) is 6.47. The first-order valence-corrected chi connectivity index (χ1v) is 13.4. The summed E-state index contributed by atoms with van der Waals surface area (Å²) in [6, 6.07) is -1.22. The minimum Gasteiger partial charge on any atom is -0.394 e. The van der Waals surface area contributed by atoms with Gasteiger partial charge in [-0.2, -0.15) is 0 Å². The third kappa shape index (κ3) is 3.55. The molecule has 0 saturated carbocycles. The molecule has 1 N–H and O–H groups in total. The third-order valence-corrected chi connectivity index (χ3v) is 9.75. The van der Waals surface area contributed by atoms with Gasteiger partial charge in [-0.1, -0.05) is 38.2 Å². The molecule has 4 rings (SSSR count). The molecule has 4 aliphatic heterocycles. The van der Waals surface area contributed by atoms with Crippen molar-refractivity contribution in [2.45, 2.75) is 81.5 Å². The van der Waals surface area contributed by atoms with Crippen molar-refractivity contribution in [3.05, 3.63) is 24.3 Å². The number of hydrogen-bond donors (Lipinski definition) is 1. The van der Waals surface area contributed by atoms with Gasteiger partial charge in [-0.3, -0.25) is 14.4 Å². The SMILES string of the molecule is CCCN1CC=C[C@@]2(C)S[C@]34C=CCN(C(C)(C)C)C(=O)C3N([C@@H](CC)CO)C(=O)[C@@H]4[C@H]2C1=O. The molecule has 0 radical (unpaired) electrons. The van der Waals surface area contributed by atoms with Crippen LogP contribution in [0.1, 0.15) is 54.4 Å². The second-order valence-corrected chi connectivity index (χ2v) is 13.0. The van der Waals surface area contributed by atoms with Gasteiger partial charge in [0.05, 0.1) is 29.2 Å². The van der Waals surface area contributed by atoms with Gasteiger partial charge in [0.25, 0.3) is 0 Å². The van der Waals surface area contributed by atoms with Crippen molar-refractivity contribution >= 4 is 29.5 Å². The van der Waals surface area contributed by atoms with Crippen LogP contribution in [0.4, 0.5) is 0 Å². The van der Waals surface area contributed by atoms with E-state index in [9.17, 15) is 19.5 Å². The molecule has 0 aromatic heterocycles. The molecular weight excluding hydrogens is 450 g/mol. The number of aliphatic hydroxyl groups is 1. The van der Waals surface area contributed by atoms with Crippen LogP contribution < -0.4 is 0 Å². The van der Waals surface area contributed by atoms with E-state index < -0.39 is 39.0 Å². The van der Waals surface area contributed by atoms with Crippen LogP contribution in [-0.4, -0.2) is 90.9 Å². The summed E-state index contributed by atoms with van der Waals surface area (Å²) < 4.78 is -1.45. The van der Waals surface area contributed by atoms with Gasteiger partial charge in [0.1, 0.15) is 6.04 Å². The Bertz CT molecular complexity index is 923. The number of hydrogen-bond acceptors (Lipinski definition) is 5. The van der Waals surface area contributed by atoms with Crippen molar-refractivity contribution in [1.82, 2.24) is 14.7 Å². The zero-order valence-electron chi connectivity index (χ0n) is 21.3. The van der Waals surface area contributed by atoms with Gasteiger partial charge in [0, 0.05) is 29.9 Å². The average Bonchev–Trinajstić information content (AvgIpc) is 3.02. The summed E-state index contributed by atoms with van der Waals surface area (Å²) in [6.45, 7) is 13.4. The zero-order chi connectivity index (χ0) is 25.1. The Morgan fingerprint density at radius 1 is 1.06 bits per heavy atom. The smallest absolute Gasteiger partial charge is 0.247 e. The largest absolute Gasteiger partial charge is 0.394 e. The summed E-state index contributed by atoms with van der Waals surface area (Å²) in [5.74, 6) is -1.50. The van der Waals surface area contributed by atoms with Crippen molar-refractivity contribution in [3.8, 4) is 0 Å². The lowest BCUT2D eigenvalue weighted by molar-refractivity contribution is -0.149. The Morgan fingerprint density at radius 3 is 2.32 bits per heavy atom. The molecular formula is C26H39N3O4S. The van der Waals surface area contributed by atoms with Crippen molar-refractivity contribution in [1.29, 1.82) is 0 Å². The van der Waals surface area contributed by atoms with E-state index in [0.29, 0.717) is 26.1 Å². The average molecular weight is 490 g/mol. The van der Waals surface area contributed by atoms with Crippen LogP contribution in [0.3, 0.4) is 0 Å². The molecule has 8 heteroatoms. The fraction of sp³-hybridized carbons (Fsp3) is 0.731. The number of carbonyl (C=O) groups excluding carboxylic acids is 3. The monoisotopic (exact) mass is 489 g/mol. The lowest BCUT2D eigenvalue weighted by Gasteiger charge is -2.42. The summed E-state index contributed by atoms with van der Waals surface area (Å²) in [5, 5.41) is 10.2. The molecule has 4 aliphatic rings. The molecule has 7 nitrogen and oxygen atoms in total. The molecule has 1 spiro atoms. The molecule has 34 heavy (non-hydrogen) atoms. The van der Waals surface area contributed by atoms with Crippen LogP contribution in [0, 0.1) is 11.8 Å². The van der Waals surface area contributed by atoms with Crippen LogP contribution >= 0.6 is 11.8 Å². The Hall–Kier alpha value is -1.80. The third-order valence-electron chi connectivity index (χ3n) is 7.96. The Balaban J connectivity index is 1.91. The first kappa shape index (κ1) is 25.3. The summed E-state index contributed by atoms with van der Waals surface area (Å²) in [5.41, 5.74) is -0.425. The minimum absolute atomic E-state index is 0.00695. The van der Waals surface area contributed by atoms with Crippen molar-refractivity contribution in [3.63, 3.8) is 0 Å². The fourth-order valence-corrected chi connectivity index (χ4v) is 8.54. The lowest BCUT2D eigenvalue weighted by atomic mass is 9.74. The van der Waals surface area contributed by atoms with Crippen molar-refractivity contribution < 1.29 is 19.5 Å². The summed E-state index contributed by atoms with van der Waals surface area (Å²) in [4.78, 5) is 47.7. The Morgan fingerprint density at radius 2 is 1.74 bits per heavy atom. The second-order valence-electron chi connectivity index (χ2n) is 11.2. The van der Waals surface area contributed by atoms with E-state index in [1.165, 1.54) is 0 Å². The van der Waals surface area contributed by atoms with Crippen molar-refractivity contribution in [2.75, 3.05) is 26.2 Å². The standard InChI is InChI=1S/C26H39N3O4S/c1-7-13-27-14-9-11-25(6)18(21(27)31)19-22(32)29(17(8-2)16-30)20-23(33)28(24(3,4)5)15-10-12-26(19,20)34-25/h9-12,17-20,30H,7-8,13-16H2,1-6H3/t17-,18-,19-,20?,25+,26-/m0/s1. The first-order valence-electron chi connectivity index (χ1n) is 12.6. The van der Waals surface area contributed by atoms with Gasteiger partial charge >= 0.3 is 0 Å². The maximum atomic E-state index is 14.2. The maximum Gasteiger partial charge on any atom is 0.247 e. The van der Waals surface area contributed by atoms with E-state index in [2.05, 4.69) is 6.08 Å². The van der Waals surface area contributed by atoms with Crippen LogP contribution in [0.2, 0.25) is 0 Å². The summed E-state index contributed by atoms with van der Waals surface area (Å²) >= 11 is 1.60. The number of amides is 3. The zero-order valence-corrected chi connectivity index (χ0v) is 22.1. The Labute approximate surface area is 207 Å². The second kappa shape index (κ2) is 8.70.